The fourth-order valence-electron chi connectivity index (χ4n) is 8.80. The Morgan fingerprint density at radius 1 is 0.510 bits per heavy atom. The third-order valence-electron chi connectivity index (χ3n) is 11.2. The Kier molecular flexibility index (Phi) is 5.92. The van der Waals surface area contributed by atoms with Crippen LogP contribution in [0.25, 0.3) is 92.1 Å². The van der Waals surface area contributed by atoms with Gasteiger partial charge in [-0.15, -0.1) is 11.3 Å². The van der Waals surface area contributed by atoms with Crippen LogP contribution in [-0.2, 0) is 5.41 Å². The maximum absolute atomic E-state index is 5.60. The number of benzene rings is 7. The second-order valence-corrected chi connectivity index (χ2v) is 15.4. The molecule has 1 aliphatic rings. The van der Waals surface area contributed by atoms with Gasteiger partial charge in [0.2, 0.25) is 0 Å². The van der Waals surface area contributed by atoms with Crippen molar-refractivity contribution >= 4 is 64.1 Å². The molecule has 0 radical (unpaired) electrons. The number of fused-ring (bicyclic) bond motifs is 11. The van der Waals surface area contributed by atoms with Crippen LogP contribution in [0.15, 0.2) is 158 Å². The van der Waals surface area contributed by atoms with Gasteiger partial charge in [-0.25, -0.2) is 4.98 Å². The van der Waals surface area contributed by atoms with Crippen LogP contribution in [0.3, 0.4) is 0 Å². The van der Waals surface area contributed by atoms with E-state index >= 15 is 0 Å². The Labute approximate surface area is 299 Å². The largest absolute Gasteiger partial charge is 0.294 e. The van der Waals surface area contributed by atoms with E-state index in [4.69, 9.17) is 4.98 Å². The van der Waals surface area contributed by atoms with Crippen molar-refractivity contribution in [2.45, 2.75) is 19.3 Å². The fourth-order valence-corrected chi connectivity index (χ4v) is 10.00. The van der Waals surface area contributed by atoms with E-state index in [1.165, 1.54) is 86.1 Å². The van der Waals surface area contributed by atoms with Gasteiger partial charge in [0.25, 0.3) is 0 Å². The monoisotopic (exact) mass is 668 g/mol. The number of hydrogen-bond acceptors (Lipinski definition) is 2. The molecule has 3 heterocycles. The lowest BCUT2D eigenvalue weighted by molar-refractivity contribution is 0.666. The van der Waals surface area contributed by atoms with Crippen molar-refractivity contribution in [2.24, 2.45) is 0 Å². The summed E-state index contributed by atoms with van der Waals surface area (Å²) < 4.78 is 4.90. The minimum absolute atomic E-state index is 0.109. The van der Waals surface area contributed by atoms with Crippen LogP contribution >= 0.6 is 11.3 Å². The van der Waals surface area contributed by atoms with E-state index < -0.39 is 0 Å². The minimum atomic E-state index is -0.109. The van der Waals surface area contributed by atoms with Crippen LogP contribution in [0.2, 0.25) is 0 Å². The molecular weight excluding hydrogens is 637 g/mol. The van der Waals surface area contributed by atoms with E-state index in [0.717, 1.165) is 17.1 Å². The van der Waals surface area contributed by atoms with E-state index in [2.05, 4.69) is 176 Å². The lowest BCUT2D eigenvalue weighted by atomic mass is 9.80. The number of hydrogen-bond donors (Lipinski definition) is 0. The van der Waals surface area contributed by atoms with Crippen LogP contribution in [-0.4, -0.2) is 9.55 Å². The van der Waals surface area contributed by atoms with Gasteiger partial charge in [0, 0.05) is 37.2 Å². The van der Waals surface area contributed by atoms with Gasteiger partial charge in [0.15, 0.2) is 0 Å². The normalized spacial score (nSPS) is 13.5. The average molecular weight is 669 g/mol. The molecule has 0 amide bonds. The first-order chi connectivity index (χ1) is 25.0. The molecule has 0 bridgehead atoms. The van der Waals surface area contributed by atoms with Gasteiger partial charge in [0.1, 0.15) is 5.82 Å². The van der Waals surface area contributed by atoms with Crippen molar-refractivity contribution in [3.05, 3.63) is 169 Å². The highest BCUT2D eigenvalue weighted by Gasteiger charge is 2.36. The average Bonchev–Trinajstić information content (AvgIpc) is 3.79. The molecule has 3 aromatic heterocycles. The summed E-state index contributed by atoms with van der Waals surface area (Å²) in [5.41, 5.74) is 12.3. The second-order valence-electron chi connectivity index (χ2n) is 14.3. The smallest absolute Gasteiger partial charge is 0.139 e. The molecule has 7 aromatic carbocycles. The zero-order chi connectivity index (χ0) is 33.8. The highest BCUT2D eigenvalue weighted by molar-refractivity contribution is 7.26. The fraction of sp³-hybridized carbons (Fsp3) is 0.0625. The summed E-state index contributed by atoms with van der Waals surface area (Å²) in [6.45, 7) is 4.76. The molecule has 0 saturated heterocycles. The predicted octanol–water partition coefficient (Wildman–Crippen LogP) is 13.3. The number of thiophene rings is 1. The number of pyridine rings is 1. The van der Waals surface area contributed by atoms with Gasteiger partial charge >= 0.3 is 0 Å². The summed E-state index contributed by atoms with van der Waals surface area (Å²) in [6.07, 6.45) is 0. The van der Waals surface area contributed by atoms with Gasteiger partial charge in [-0.05, 0) is 74.5 Å². The van der Waals surface area contributed by atoms with E-state index in [1.54, 1.807) is 0 Å². The molecule has 0 aliphatic heterocycles. The Morgan fingerprint density at radius 3 is 2.08 bits per heavy atom. The molecule has 51 heavy (non-hydrogen) atoms. The second kappa shape index (κ2) is 10.5. The molecule has 240 valence electrons. The minimum Gasteiger partial charge on any atom is -0.294 e. The van der Waals surface area contributed by atoms with Crippen molar-refractivity contribution in [1.29, 1.82) is 0 Å². The summed E-state index contributed by atoms with van der Waals surface area (Å²) in [6, 6.07) is 57.8. The van der Waals surface area contributed by atoms with Crippen molar-refractivity contribution in [2.75, 3.05) is 0 Å². The van der Waals surface area contributed by atoms with Crippen LogP contribution in [0.5, 0.6) is 0 Å². The van der Waals surface area contributed by atoms with Crippen molar-refractivity contribution in [3.8, 4) is 39.3 Å². The maximum Gasteiger partial charge on any atom is 0.139 e. The quantitative estimate of drug-likeness (QED) is 0.183. The molecule has 2 nitrogen and oxygen atoms in total. The summed E-state index contributed by atoms with van der Waals surface area (Å²) in [7, 11) is 0. The molecule has 0 N–H and O–H groups in total. The highest BCUT2D eigenvalue weighted by atomic mass is 32.1. The number of rotatable bonds is 3. The van der Waals surface area contributed by atoms with Crippen LogP contribution in [0.4, 0.5) is 0 Å². The number of para-hydroxylation sites is 1. The molecule has 10 aromatic rings. The van der Waals surface area contributed by atoms with Gasteiger partial charge < -0.3 is 0 Å². The zero-order valence-corrected chi connectivity index (χ0v) is 29.1. The molecule has 11 rings (SSSR count). The third-order valence-corrected chi connectivity index (χ3v) is 12.4. The zero-order valence-electron chi connectivity index (χ0n) is 28.3. The lowest BCUT2D eigenvalue weighted by Crippen LogP contribution is -2.15. The van der Waals surface area contributed by atoms with Crippen molar-refractivity contribution in [1.82, 2.24) is 9.55 Å². The molecular formula is C48H32N2S. The van der Waals surface area contributed by atoms with Crippen molar-refractivity contribution in [3.63, 3.8) is 0 Å². The molecule has 0 unspecified atom stereocenters. The van der Waals surface area contributed by atoms with Gasteiger partial charge in [-0.3, -0.25) is 4.57 Å². The SMILES string of the molecule is CC1(C)c2ccccc2-c2ccc3cc4c5ccccc5n(-c5cc6c(sc7ccccc76)c(-c6ccc(-c7ccccc7)cc6)n5)c4cc3c21. The Morgan fingerprint density at radius 2 is 1.22 bits per heavy atom. The standard InChI is InChI=1S/C48H32N2S/c1-48(2)40-17-9-6-14-33(40)36-25-24-32-26-38-34-15-7-10-18-41(34)50(42(38)27-37(32)45(36)48)44-28-39-35-16-8-11-19-43(35)51-47(39)46(49-44)31-22-20-30(21-23-31)29-12-4-3-5-13-29/h3-28H,1-2H3. The van der Waals surface area contributed by atoms with E-state index in [1.807, 2.05) is 11.3 Å². The summed E-state index contributed by atoms with van der Waals surface area (Å²) in [4.78, 5) is 5.60. The summed E-state index contributed by atoms with van der Waals surface area (Å²) >= 11 is 1.83. The van der Waals surface area contributed by atoms with Crippen LogP contribution in [0.1, 0.15) is 25.0 Å². The van der Waals surface area contributed by atoms with Crippen LogP contribution in [0, 0.1) is 0 Å². The Balaban J connectivity index is 1.21. The first kappa shape index (κ1) is 28.8. The summed E-state index contributed by atoms with van der Waals surface area (Å²) in [5, 5.41) is 7.58. The lowest BCUT2D eigenvalue weighted by Gasteiger charge is -2.23. The van der Waals surface area contributed by atoms with E-state index in [-0.39, 0.29) is 5.41 Å². The third kappa shape index (κ3) is 4.07. The van der Waals surface area contributed by atoms with Crippen molar-refractivity contribution < 1.29 is 0 Å². The maximum atomic E-state index is 5.60. The van der Waals surface area contributed by atoms with Crippen LogP contribution < -0.4 is 0 Å². The molecule has 3 heteroatoms. The Bertz CT molecular complexity index is 3030. The molecule has 0 spiro atoms. The van der Waals surface area contributed by atoms with Gasteiger partial charge in [0.05, 0.1) is 21.4 Å². The van der Waals surface area contributed by atoms with E-state index in [0.29, 0.717) is 0 Å². The number of nitrogens with zero attached hydrogens (tertiary/aromatic N) is 2. The molecule has 0 saturated carbocycles. The summed E-state index contributed by atoms with van der Waals surface area (Å²) in [5.74, 6) is 0.939. The topological polar surface area (TPSA) is 17.8 Å². The number of aromatic nitrogens is 2. The molecule has 0 atom stereocenters. The highest BCUT2D eigenvalue weighted by Crippen LogP contribution is 2.52. The molecule has 1 aliphatic carbocycles. The first-order valence-corrected chi connectivity index (χ1v) is 18.4. The van der Waals surface area contributed by atoms with E-state index in [9.17, 15) is 0 Å². The Hall–Kier alpha value is -6.03. The van der Waals surface area contributed by atoms with Gasteiger partial charge in [-0.1, -0.05) is 141 Å². The first-order valence-electron chi connectivity index (χ1n) is 17.6. The molecule has 0 fully saturated rings. The van der Waals surface area contributed by atoms with Gasteiger partial charge in [-0.2, -0.15) is 0 Å². The predicted molar refractivity (Wildman–Crippen MR) is 217 cm³/mol.